The molecule has 1 heterocycles. The molecule has 0 aliphatic carbocycles. The summed E-state index contributed by atoms with van der Waals surface area (Å²) in [7, 11) is 0. The number of fused-ring (bicyclic) bond motifs is 1. The highest BCUT2D eigenvalue weighted by molar-refractivity contribution is 5.97. The van der Waals surface area contributed by atoms with E-state index in [1.165, 1.54) is 5.56 Å². The number of aliphatic hydroxyl groups is 1. The van der Waals surface area contributed by atoms with Crippen molar-refractivity contribution in [1.29, 1.82) is 0 Å². The van der Waals surface area contributed by atoms with E-state index >= 15 is 0 Å². The quantitative estimate of drug-likeness (QED) is 0.761. The van der Waals surface area contributed by atoms with Crippen LogP contribution in [0.25, 0.3) is 11.0 Å². The lowest BCUT2D eigenvalue weighted by atomic mass is 10.1. The van der Waals surface area contributed by atoms with Gasteiger partial charge >= 0.3 is 0 Å². The standard InChI is InChI=1S/C18H17NO3/c20-9-8-19-18(21)15-7-6-14-11-16(22-17(14)12-15)10-13-4-2-1-3-5-13/h1-7,11-12,20H,8-10H2,(H,19,21). The molecule has 0 aliphatic rings. The first-order chi connectivity index (χ1) is 10.8. The van der Waals surface area contributed by atoms with Crippen molar-refractivity contribution in [3.8, 4) is 0 Å². The maximum Gasteiger partial charge on any atom is 0.251 e. The molecule has 0 spiro atoms. The lowest BCUT2D eigenvalue weighted by Gasteiger charge is -2.02. The van der Waals surface area contributed by atoms with Crippen LogP contribution in [-0.4, -0.2) is 24.2 Å². The minimum atomic E-state index is -0.211. The first kappa shape index (κ1) is 14.4. The van der Waals surface area contributed by atoms with E-state index in [-0.39, 0.29) is 19.1 Å². The van der Waals surface area contributed by atoms with Gasteiger partial charge in [0.1, 0.15) is 11.3 Å². The summed E-state index contributed by atoms with van der Waals surface area (Å²) in [6, 6.07) is 17.5. The normalized spacial score (nSPS) is 10.8. The molecule has 2 aromatic carbocycles. The van der Waals surface area contributed by atoms with E-state index in [2.05, 4.69) is 17.4 Å². The fraction of sp³-hybridized carbons (Fsp3) is 0.167. The van der Waals surface area contributed by atoms with Crippen LogP contribution in [0.3, 0.4) is 0 Å². The second-order valence-corrected chi connectivity index (χ2v) is 5.11. The van der Waals surface area contributed by atoms with Gasteiger partial charge in [0.15, 0.2) is 0 Å². The molecule has 0 unspecified atom stereocenters. The Kier molecular flexibility index (Phi) is 4.21. The molecule has 0 aliphatic heterocycles. The Morgan fingerprint density at radius 2 is 1.91 bits per heavy atom. The highest BCUT2D eigenvalue weighted by Crippen LogP contribution is 2.22. The van der Waals surface area contributed by atoms with Gasteiger partial charge in [0.25, 0.3) is 5.91 Å². The number of carbonyl (C=O) groups is 1. The molecule has 1 aromatic heterocycles. The van der Waals surface area contributed by atoms with Crippen molar-refractivity contribution >= 4 is 16.9 Å². The number of aliphatic hydroxyl groups excluding tert-OH is 1. The molecule has 1 amide bonds. The highest BCUT2D eigenvalue weighted by Gasteiger charge is 2.09. The largest absolute Gasteiger partial charge is 0.461 e. The number of hydrogen-bond acceptors (Lipinski definition) is 3. The van der Waals surface area contributed by atoms with Gasteiger partial charge in [0.05, 0.1) is 6.61 Å². The van der Waals surface area contributed by atoms with E-state index in [9.17, 15) is 4.79 Å². The van der Waals surface area contributed by atoms with Crippen molar-refractivity contribution in [3.63, 3.8) is 0 Å². The van der Waals surface area contributed by atoms with Crippen molar-refractivity contribution in [3.05, 3.63) is 71.5 Å². The first-order valence-corrected chi connectivity index (χ1v) is 7.22. The Morgan fingerprint density at radius 3 is 2.68 bits per heavy atom. The van der Waals surface area contributed by atoms with Crippen molar-refractivity contribution in [2.75, 3.05) is 13.2 Å². The van der Waals surface area contributed by atoms with Gasteiger partial charge in [0, 0.05) is 23.9 Å². The molecule has 112 valence electrons. The fourth-order valence-electron chi connectivity index (χ4n) is 2.38. The lowest BCUT2D eigenvalue weighted by Crippen LogP contribution is -2.26. The monoisotopic (exact) mass is 295 g/mol. The first-order valence-electron chi connectivity index (χ1n) is 7.22. The molecule has 4 nitrogen and oxygen atoms in total. The van der Waals surface area contributed by atoms with Crippen LogP contribution in [0.5, 0.6) is 0 Å². The summed E-state index contributed by atoms with van der Waals surface area (Å²) in [6.45, 7) is 0.171. The zero-order valence-electron chi connectivity index (χ0n) is 12.1. The second-order valence-electron chi connectivity index (χ2n) is 5.11. The number of furan rings is 1. The molecular weight excluding hydrogens is 278 g/mol. The second kappa shape index (κ2) is 6.45. The van der Waals surface area contributed by atoms with Crippen LogP contribution >= 0.6 is 0 Å². The van der Waals surface area contributed by atoms with Crippen LogP contribution in [0, 0.1) is 0 Å². The molecule has 4 heteroatoms. The zero-order valence-corrected chi connectivity index (χ0v) is 12.1. The lowest BCUT2D eigenvalue weighted by molar-refractivity contribution is 0.0945. The van der Waals surface area contributed by atoms with Gasteiger partial charge in [0.2, 0.25) is 0 Å². The molecule has 0 radical (unpaired) electrons. The van der Waals surface area contributed by atoms with E-state index in [1.807, 2.05) is 30.3 Å². The van der Waals surface area contributed by atoms with Gasteiger partial charge in [-0.1, -0.05) is 36.4 Å². The highest BCUT2D eigenvalue weighted by atomic mass is 16.3. The summed E-state index contributed by atoms with van der Waals surface area (Å²) >= 11 is 0. The number of hydrogen-bond donors (Lipinski definition) is 2. The Bertz CT molecular complexity index is 777. The SMILES string of the molecule is O=C(NCCO)c1ccc2cc(Cc3ccccc3)oc2c1. The molecular formula is C18H17NO3. The maximum absolute atomic E-state index is 11.9. The minimum Gasteiger partial charge on any atom is -0.461 e. The van der Waals surface area contributed by atoms with Gasteiger partial charge in [-0.25, -0.2) is 0 Å². The van der Waals surface area contributed by atoms with Crippen molar-refractivity contribution < 1.29 is 14.3 Å². The average molecular weight is 295 g/mol. The summed E-state index contributed by atoms with van der Waals surface area (Å²) in [5, 5.41) is 12.3. The third-order valence-corrected chi connectivity index (χ3v) is 3.45. The Labute approximate surface area is 128 Å². The summed E-state index contributed by atoms with van der Waals surface area (Å²) < 4.78 is 5.84. The number of rotatable bonds is 5. The minimum absolute atomic E-state index is 0.0735. The van der Waals surface area contributed by atoms with Crippen LogP contribution < -0.4 is 5.32 Å². The van der Waals surface area contributed by atoms with E-state index < -0.39 is 0 Å². The smallest absolute Gasteiger partial charge is 0.251 e. The third-order valence-electron chi connectivity index (χ3n) is 3.45. The van der Waals surface area contributed by atoms with Crippen LogP contribution in [0.15, 0.2) is 59.0 Å². The van der Waals surface area contributed by atoms with Crippen LogP contribution in [0.2, 0.25) is 0 Å². The van der Waals surface area contributed by atoms with Gasteiger partial charge < -0.3 is 14.8 Å². The van der Waals surface area contributed by atoms with E-state index in [4.69, 9.17) is 9.52 Å². The maximum atomic E-state index is 11.9. The van der Waals surface area contributed by atoms with Crippen molar-refractivity contribution in [2.24, 2.45) is 0 Å². The van der Waals surface area contributed by atoms with Crippen LogP contribution in [-0.2, 0) is 6.42 Å². The number of amides is 1. The number of nitrogens with one attached hydrogen (secondary N) is 1. The van der Waals surface area contributed by atoms with Gasteiger partial charge in [-0.15, -0.1) is 0 Å². The van der Waals surface area contributed by atoms with Gasteiger partial charge in [-0.2, -0.15) is 0 Å². The summed E-state index contributed by atoms with van der Waals surface area (Å²) in [5.41, 5.74) is 2.41. The molecule has 0 saturated carbocycles. The molecule has 0 atom stereocenters. The zero-order chi connectivity index (χ0) is 15.4. The molecule has 2 N–H and O–H groups in total. The van der Waals surface area contributed by atoms with E-state index in [1.54, 1.807) is 12.1 Å². The molecule has 3 aromatic rings. The molecule has 3 rings (SSSR count). The van der Waals surface area contributed by atoms with Gasteiger partial charge in [-0.05, 0) is 23.8 Å². The molecule has 0 fully saturated rings. The fourth-order valence-corrected chi connectivity index (χ4v) is 2.38. The van der Waals surface area contributed by atoms with Crippen LogP contribution in [0.4, 0.5) is 0 Å². The summed E-state index contributed by atoms with van der Waals surface area (Å²) in [6.07, 6.45) is 0.724. The van der Waals surface area contributed by atoms with Gasteiger partial charge in [-0.3, -0.25) is 4.79 Å². The van der Waals surface area contributed by atoms with Crippen molar-refractivity contribution in [1.82, 2.24) is 5.32 Å². The molecule has 0 saturated heterocycles. The number of carbonyl (C=O) groups excluding carboxylic acids is 1. The summed E-state index contributed by atoms with van der Waals surface area (Å²) in [4.78, 5) is 11.9. The third kappa shape index (κ3) is 3.18. The number of benzene rings is 2. The van der Waals surface area contributed by atoms with E-state index in [0.717, 1.165) is 17.6 Å². The van der Waals surface area contributed by atoms with Crippen molar-refractivity contribution in [2.45, 2.75) is 6.42 Å². The Morgan fingerprint density at radius 1 is 1.09 bits per heavy atom. The average Bonchev–Trinajstić information content (AvgIpc) is 2.94. The Balaban J connectivity index is 1.82. The Hall–Kier alpha value is -2.59. The summed E-state index contributed by atoms with van der Waals surface area (Å²) in [5.74, 6) is 0.658. The molecule has 0 bridgehead atoms. The predicted molar refractivity (Wildman–Crippen MR) is 84.9 cm³/mol. The molecule has 22 heavy (non-hydrogen) atoms. The van der Waals surface area contributed by atoms with E-state index in [0.29, 0.717) is 11.1 Å². The topological polar surface area (TPSA) is 62.5 Å². The van der Waals surface area contributed by atoms with Crippen LogP contribution in [0.1, 0.15) is 21.7 Å². The predicted octanol–water partition coefficient (Wildman–Crippen LogP) is 2.75.